The van der Waals surface area contributed by atoms with Gasteiger partial charge in [-0.25, -0.2) is 8.42 Å². The Bertz CT molecular complexity index is 863. The second-order valence-corrected chi connectivity index (χ2v) is 7.22. The number of anilines is 3. The number of aromatic nitrogens is 1. The lowest BCUT2D eigenvalue weighted by Crippen LogP contribution is -2.32. The van der Waals surface area contributed by atoms with E-state index in [1.54, 1.807) is 38.1 Å². The molecule has 0 aliphatic rings. The van der Waals surface area contributed by atoms with Crippen LogP contribution in [-0.2, 0) is 14.8 Å². The molecule has 0 fully saturated rings. The number of carbonyl (C=O) groups excluding carboxylic acids is 1. The molecule has 0 saturated heterocycles. The minimum Gasteiger partial charge on any atom is -0.495 e. The summed E-state index contributed by atoms with van der Waals surface area (Å²) >= 11 is 0. The quantitative estimate of drug-likeness (QED) is 0.681. The number of rotatable bonds is 7. The van der Waals surface area contributed by atoms with E-state index in [-0.39, 0.29) is 11.6 Å². The SMILES string of the molecule is COc1ccc(NC(C)C(=O)Nc2cc(C)on2)cc1NS(C)(=O)=O. The summed E-state index contributed by atoms with van der Waals surface area (Å²) in [5.74, 6) is 0.959. The van der Waals surface area contributed by atoms with Gasteiger partial charge in [-0.3, -0.25) is 9.52 Å². The minimum absolute atomic E-state index is 0.273. The second kappa shape index (κ2) is 7.43. The first-order valence-electron chi connectivity index (χ1n) is 7.34. The number of benzene rings is 1. The molecule has 2 aromatic rings. The van der Waals surface area contributed by atoms with Crippen LogP contribution < -0.4 is 20.1 Å². The number of methoxy groups -OCH3 is 1. The maximum Gasteiger partial charge on any atom is 0.247 e. The molecule has 0 spiro atoms. The van der Waals surface area contributed by atoms with E-state index < -0.39 is 16.1 Å². The number of amides is 1. The van der Waals surface area contributed by atoms with Crippen molar-refractivity contribution in [2.45, 2.75) is 19.9 Å². The van der Waals surface area contributed by atoms with Crippen molar-refractivity contribution in [1.82, 2.24) is 5.16 Å². The van der Waals surface area contributed by atoms with E-state index in [9.17, 15) is 13.2 Å². The van der Waals surface area contributed by atoms with Crippen molar-refractivity contribution in [3.63, 3.8) is 0 Å². The van der Waals surface area contributed by atoms with E-state index in [0.717, 1.165) is 6.26 Å². The number of hydrogen-bond donors (Lipinski definition) is 3. The fourth-order valence-electron chi connectivity index (χ4n) is 2.05. The van der Waals surface area contributed by atoms with Crippen LogP contribution in [0.2, 0.25) is 0 Å². The van der Waals surface area contributed by atoms with Gasteiger partial charge >= 0.3 is 0 Å². The predicted octanol–water partition coefficient (Wildman–Crippen LogP) is 1.80. The molecule has 3 N–H and O–H groups in total. The van der Waals surface area contributed by atoms with E-state index in [0.29, 0.717) is 23.0 Å². The van der Waals surface area contributed by atoms with Gasteiger partial charge in [-0.15, -0.1) is 0 Å². The Morgan fingerprint density at radius 1 is 1.32 bits per heavy atom. The van der Waals surface area contributed by atoms with E-state index in [4.69, 9.17) is 9.26 Å². The van der Waals surface area contributed by atoms with Crippen molar-refractivity contribution >= 4 is 33.1 Å². The van der Waals surface area contributed by atoms with Crippen molar-refractivity contribution in [3.8, 4) is 5.75 Å². The first-order chi connectivity index (χ1) is 11.7. The molecule has 0 radical (unpaired) electrons. The fraction of sp³-hybridized carbons (Fsp3) is 0.333. The summed E-state index contributed by atoms with van der Waals surface area (Å²) in [5.41, 5.74) is 0.820. The molecule has 136 valence electrons. The van der Waals surface area contributed by atoms with Crippen LogP contribution >= 0.6 is 0 Å². The zero-order chi connectivity index (χ0) is 18.6. The largest absolute Gasteiger partial charge is 0.495 e. The summed E-state index contributed by atoms with van der Waals surface area (Å²) in [4.78, 5) is 12.2. The third-order valence-electron chi connectivity index (χ3n) is 3.15. The van der Waals surface area contributed by atoms with E-state index in [1.807, 2.05) is 0 Å². The van der Waals surface area contributed by atoms with Gasteiger partial charge in [0.2, 0.25) is 15.9 Å². The molecule has 2 rings (SSSR count). The first-order valence-corrected chi connectivity index (χ1v) is 9.23. The molecule has 10 heteroatoms. The van der Waals surface area contributed by atoms with Gasteiger partial charge in [0.1, 0.15) is 17.6 Å². The maximum atomic E-state index is 12.2. The van der Waals surface area contributed by atoms with Crippen molar-refractivity contribution in [3.05, 3.63) is 30.0 Å². The molecular formula is C15H20N4O5S. The van der Waals surface area contributed by atoms with Crippen molar-refractivity contribution in [2.24, 2.45) is 0 Å². The summed E-state index contributed by atoms with van der Waals surface area (Å²) in [5, 5.41) is 9.30. The average Bonchev–Trinajstić information content (AvgIpc) is 2.91. The van der Waals surface area contributed by atoms with E-state index in [1.165, 1.54) is 7.11 Å². The molecule has 1 aromatic heterocycles. The van der Waals surface area contributed by atoms with Crippen molar-refractivity contribution in [2.75, 3.05) is 28.7 Å². The topological polar surface area (TPSA) is 123 Å². The lowest BCUT2D eigenvalue weighted by atomic mass is 10.2. The first kappa shape index (κ1) is 18.6. The summed E-state index contributed by atoms with van der Waals surface area (Å²) in [6.45, 7) is 3.38. The zero-order valence-corrected chi connectivity index (χ0v) is 15.1. The number of ether oxygens (including phenoxy) is 1. The van der Waals surface area contributed by atoms with E-state index >= 15 is 0 Å². The van der Waals surface area contributed by atoms with Crippen LogP contribution in [0.15, 0.2) is 28.8 Å². The van der Waals surface area contributed by atoms with Gasteiger partial charge in [-0.05, 0) is 32.0 Å². The highest BCUT2D eigenvalue weighted by Crippen LogP contribution is 2.28. The zero-order valence-electron chi connectivity index (χ0n) is 14.3. The highest BCUT2D eigenvalue weighted by Gasteiger charge is 2.16. The van der Waals surface area contributed by atoms with Crippen LogP contribution in [0.1, 0.15) is 12.7 Å². The summed E-state index contributed by atoms with van der Waals surface area (Å²) in [6.07, 6.45) is 1.04. The standard InChI is InChI=1S/C15H20N4O5S/c1-9-7-14(18-24-9)17-15(20)10(2)16-11-5-6-13(23-3)12(8-11)19-25(4,21)22/h5-8,10,16,19H,1-4H3,(H,17,18,20). The van der Waals surface area contributed by atoms with Crippen LogP contribution in [0.25, 0.3) is 0 Å². The van der Waals surface area contributed by atoms with Crippen molar-refractivity contribution in [1.29, 1.82) is 0 Å². The van der Waals surface area contributed by atoms with Gasteiger partial charge in [0.15, 0.2) is 5.82 Å². The van der Waals surface area contributed by atoms with Crippen LogP contribution in [-0.4, -0.2) is 38.9 Å². The monoisotopic (exact) mass is 368 g/mol. The maximum absolute atomic E-state index is 12.2. The second-order valence-electron chi connectivity index (χ2n) is 5.47. The number of nitrogens with one attached hydrogen (secondary N) is 3. The molecule has 1 aromatic carbocycles. The number of sulfonamides is 1. The fourth-order valence-corrected chi connectivity index (χ4v) is 2.61. The number of carbonyl (C=O) groups is 1. The number of aryl methyl sites for hydroxylation is 1. The van der Waals surface area contributed by atoms with Gasteiger partial charge in [-0.2, -0.15) is 0 Å². The third kappa shape index (κ3) is 5.38. The molecule has 0 bridgehead atoms. The van der Waals surface area contributed by atoms with Gasteiger partial charge in [0.25, 0.3) is 0 Å². The Hall–Kier alpha value is -2.75. The molecule has 1 atom stereocenters. The van der Waals surface area contributed by atoms with Crippen LogP contribution in [0.4, 0.5) is 17.2 Å². The Morgan fingerprint density at radius 2 is 2.04 bits per heavy atom. The molecule has 0 saturated carbocycles. The van der Waals surface area contributed by atoms with Crippen LogP contribution in [0.5, 0.6) is 5.75 Å². The number of hydrogen-bond acceptors (Lipinski definition) is 7. The highest BCUT2D eigenvalue weighted by molar-refractivity contribution is 7.92. The molecule has 9 nitrogen and oxygen atoms in total. The van der Waals surface area contributed by atoms with Gasteiger partial charge < -0.3 is 19.9 Å². The third-order valence-corrected chi connectivity index (χ3v) is 3.74. The van der Waals surface area contributed by atoms with Crippen molar-refractivity contribution < 1.29 is 22.5 Å². The highest BCUT2D eigenvalue weighted by atomic mass is 32.2. The molecule has 0 aliphatic heterocycles. The molecule has 1 amide bonds. The normalized spacial score (nSPS) is 12.3. The molecule has 25 heavy (non-hydrogen) atoms. The summed E-state index contributed by atoms with van der Waals surface area (Å²) in [7, 11) is -2.03. The predicted molar refractivity (Wildman–Crippen MR) is 94.4 cm³/mol. The van der Waals surface area contributed by atoms with E-state index in [2.05, 4.69) is 20.5 Å². The minimum atomic E-state index is -3.47. The molecule has 1 unspecified atom stereocenters. The lowest BCUT2D eigenvalue weighted by molar-refractivity contribution is -0.116. The van der Waals surface area contributed by atoms with Crippen LogP contribution in [0, 0.1) is 6.92 Å². The lowest BCUT2D eigenvalue weighted by Gasteiger charge is -2.16. The summed E-state index contributed by atoms with van der Waals surface area (Å²) < 4.78 is 35.3. The molecule has 1 heterocycles. The van der Waals surface area contributed by atoms with Gasteiger partial charge in [-0.1, -0.05) is 5.16 Å². The molecule has 0 aliphatic carbocycles. The Morgan fingerprint density at radius 3 is 2.60 bits per heavy atom. The Labute approximate surface area is 145 Å². The van der Waals surface area contributed by atoms with Gasteiger partial charge in [0, 0.05) is 11.8 Å². The average molecular weight is 368 g/mol. The number of nitrogens with zero attached hydrogens (tertiary/aromatic N) is 1. The Balaban J connectivity index is 2.10. The summed E-state index contributed by atoms with van der Waals surface area (Å²) in [6, 6.07) is 5.82. The smallest absolute Gasteiger partial charge is 0.247 e. The molecular weight excluding hydrogens is 348 g/mol. The van der Waals surface area contributed by atoms with Gasteiger partial charge in [0.05, 0.1) is 19.1 Å². The Kier molecular flexibility index (Phi) is 5.52. The van der Waals surface area contributed by atoms with Crippen LogP contribution in [0.3, 0.4) is 0 Å².